The first kappa shape index (κ1) is 18.7. The van der Waals surface area contributed by atoms with Crippen LogP contribution in [0.2, 0.25) is 0 Å². The second-order valence-electron chi connectivity index (χ2n) is 7.23. The lowest BCUT2D eigenvalue weighted by Crippen LogP contribution is -2.43. The van der Waals surface area contributed by atoms with Gasteiger partial charge in [0.25, 0.3) is 0 Å². The molecule has 0 aliphatic carbocycles. The summed E-state index contributed by atoms with van der Waals surface area (Å²) in [5.41, 5.74) is 2.53. The van der Waals surface area contributed by atoms with Crippen molar-refractivity contribution in [1.82, 2.24) is 25.4 Å². The van der Waals surface area contributed by atoms with Gasteiger partial charge in [0.15, 0.2) is 10.8 Å². The molecule has 4 heterocycles. The maximum Gasteiger partial charge on any atom is 0.243 e. The number of carbonyl (C=O) groups is 1. The van der Waals surface area contributed by atoms with Gasteiger partial charge >= 0.3 is 0 Å². The van der Waals surface area contributed by atoms with Gasteiger partial charge in [0.1, 0.15) is 6.04 Å². The minimum absolute atomic E-state index is 0.0338. The Balaban J connectivity index is 1.35. The number of amides is 1. The Kier molecular flexibility index (Phi) is 4.88. The van der Waals surface area contributed by atoms with Gasteiger partial charge in [-0.1, -0.05) is 46.8 Å². The average Bonchev–Trinajstić information content (AvgIpc) is 3.50. The van der Waals surface area contributed by atoms with Crippen molar-refractivity contribution >= 4 is 32.7 Å². The summed E-state index contributed by atoms with van der Waals surface area (Å²) >= 11 is 1.53. The van der Waals surface area contributed by atoms with Gasteiger partial charge in [-0.05, 0) is 24.5 Å². The molecule has 1 aliphatic heterocycles. The van der Waals surface area contributed by atoms with E-state index in [0.29, 0.717) is 23.9 Å². The highest BCUT2D eigenvalue weighted by Crippen LogP contribution is 2.34. The minimum atomic E-state index is -0.214. The van der Waals surface area contributed by atoms with Gasteiger partial charge in [-0.25, -0.2) is 4.98 Å². The van der Waals surface area contributed by atoms with Crippen molar-refractivity contribution in [2.75, 3.05) is 11.4 Å². The van der Waals surface area contributed by atoms with E-state index in [1.807, 2.05) is 36.4 Å². The average molecular weight is 420 g/mol. The smallest absolute Gasteiger partial charge is 0.243 e. The molecule has 152 valence electrons. The summed E-state index contributed by atoms with van der Waals surface area (Å²) in [6.07, 6.45) is 3.47. The number of thiazole rings is 1. The Morgan fingerprint density at radius 3 is 2.97 bits per heavy atom. The number of pyridine rings is 1. The van der Waals surface area contributed by atoms with Crippen LogP contribution in [0.5, 0.6) is 0 Å². The molecule has 0 spiro atoms. The minimum Gasteiger partial charge on any atom is -0.350 e. The van der Waals surface area contributed by atoms with Crippen LogP contribution >= 0.6 is 11.3 Å². The number of hydrogen-bond donors (Lipinski definition) is 1. The largest absolute Gasteiger partial charge is 0.350 e. The molecule has 1 atom stereocenters. The van der Waals surface area contributed by atoms with Gasteiger partial charge in [-0.15, -0.1) is 0 Å². The second kappa shape index (κ2) is 7.83. The third-order valence-electron chi connectivity index (χ3n) is 5.13. The fourth-order valence-electron chi connectivity index (χ4n) is 3.64. The predicted octanol–water partition coefficient (Wildman–Crippen LogP) is 3.33. The van der Waals surface area contributed by atoms with E-state index in [1.54, 1.807) is 13.1 Å². The molecule has 1 saturated heterocycles. The molecular weight excluding hydrogens is 400 g/mol. The zero-order chi connectivity index (χ0) is 20.5. The maximum atomic E-state index is 12.8. The Morgan fingerprint density at radius 1 is 1.30 bits per heavy atom. The number of benzene rings is 1. The number of carbonyl (C=O) groups excluding carboxylic acids is 1. The van der Waals surface area contributed by atoms with Gasteiger partial charge in [0.05, 0.1) is 4.70 Å². The van der Waals surface area contributed by atoms with Crippen LogP contribution in [0.15, 0.2) is 47.1 Å². The highest BCUT2D eigenvalue weighted by molar-refractivity contribution is 7.22. The second-order valence-corrected chi connectivity index (χ2v) is 8.24. The fraction of sp³-hybridized carbons (Fsp3) is 0.286. The van der Waals surface area contributed by atoms with E-state index in [2.05, 4.69) is 30.3 Å². The molecule has 5 rings (SSSR count). The van der Waals surface area contributed by atoms with E-state index < -0.39 is 0 Å². The van der Waals surface area contributed by atoms with Crippen LogP contribution in [0.25, 0.3) is 21.7 Å². The molecular formula is C21H20N6O2S. The van der Waals surface area contributed by atoms with Crippen LogP contribution < -0.4 is 10.2 Å². The molecule has 1 aromatic carbocycles. The quantitative estimate of drug-likeness (QED) is 0.529. The normalized spacial score (nSPS) is 16.3. The van der Waals surface area contributed by atoms with E-state index in [1.165, 1.54) is 11.3 Å². The van der Waals surface area contributed by atoms with E-state index in [9.17, 15) is 4.79 Å². The molecule has 4 aromatic rings. The lowest BCUT2D eigenvalue weighted by molar-refractivity contribution is -0.122. The van der Waals surface area contributed by atoms with E-state index in [-0.39, 0.29) is 11.9 Å². The SMILES string of the molecule is Cc1nc(-c2cnc3nc(N4CCC[C@@H]4C(=O)NCc4ccccc4)sc3c2)no1. The van der Waals surface area contributed by atoms with Crippen molar-refractivity contribution in [1.29, 1.82) is 0 Å². The Morgan fingerprint density at radius 2 is 2.17 bits per heavy atom. The zero-order valence-corrected chi connectivity index (χ0v) is 17.2. The van der Waals surface area contributed by atoms with Crippen LogP contribution in [0, 0.1) is 6.92 Å². The highest BCUT2D eigenvalue weighted by Gasteiger charge is 2.32. The van der Waals surface area contributed by atoms with Gasteiger partial charge in [-0.2, -0.15) is 9.97 Å². The number of aryl methyl sites for hydroxylation is 1. The third-order valence-corrected chi connectivity index (χ3v) is 6.16. The van der Waals surface area contributed by atoms with Crippen molar-refractivity contribution in [3.05, 3.63) is 54.0 Å². The molecule has 0 unspecified atom stereocenters. The number of anilines is 1. The first-order valence-electron chi connectivity index (χ1n) is 9.83. The summed E-state index contributed by atoms with van der Waals surface area (Å²) in [5.74, 6) is 1.05. The number of nitrogens with zero attached hydrogens (tertiary/aromatic N) is 5. The predicted molar refractivity (Wildman–Crippen MR) is 114 cm³/mol. The van der Waals surface area contributed by atoms with Crippen LogP contribution in [0.4, 0.5) is 5.13 Å². The molecule has 1 amide bonds. The number of fused-ring (bicyclic) bond motifs is 1. The zero-order valence-electron chi connectivity index (χ0n) is 16.4. The number of rotatable bonds is 5. The summed E-state index contributed by atoms with van der Waals surface area (Å²) in [6, 6.07) is 11.7. The number of hydrogen-bond acceptors (Lipinski definition) is 8. The number of nitrogens with one attached hydrogen (secondary N) is 1. The first-order valence-corrected chi connectivity index (χ1v) is 10.6. The standard InChI is InChI=1S/C21H20N6O2S/c1-13-24-18(26-29-13)15-10-17-19(22-12-15)25-21(30-17)27-9-5-8-16(27)20(28)23-11-14-6-3-2-4-7-14/h2-4,6-7,10,12,16H,5,8-9,11H2,1H3,(H,23,28)/t16-/m1/s1. The fourth-order valence-corrected chi connectivity index (χ4v) is 4.68. The van der Waals surface area contributed by atoms with Gasteiger partial charge in [0.2, 0.25) is 17.6 Å². The summed E-state index contributed by atoms with van der Waals surface area (Å²) in [6.45, 7) is 3.09. The Bertz CT molecular complexity index is 1190. The van der Waals surface area contributed by atoms with Crippen LogP contribution in [-0.2, 0) is 11.3 Å². The Hall–Kier alpha value is -3.33. The van der Waals surface area contributed by atoms with Gasteiger partial charge < -0.3 is 14.7 Å². The maximum absolute atomic E-state index is 12.8. The van der Waals surface area contributed by atoms with Crippen LogP contribution in [0.1, 0.15) is 24.3 Å². The van der Waals surface area contributed by atoms with Crippen LogP contribution in [-0.4, -0.2) is 38.6 Å². The lowest BCUT2D eigenvalue weighted by atomic mass is 10.2. The van der Waals surface area contributed by atoms with Crippen molar-refractivity contribution < 1.29 is 9.32 Å². The Labute approximate surface area is 177 Å². The molecule has 0 saturated carbocycles. The summed E-state index contributed by atoms with van der Waals surface area (Å²) in [5, 5.41) is 7.83. The molecule has 1 aliphatic rings. The molecule has 0 radical (unpaired) electrons. The number of aromatic nitrogens is 4. The molecule has 9 heteroatoms. The highest BCUT2D eigenvalue weighted by atomic mass is 32.1. The van der Waals surface area contributed by atoms with Crippen molar-refractivity contribution in [2.45, 2.75) is 32.4 Å². The molecule has 3 aromatic heterocycles. The monoisotopic (exact) mass is 420 g/mol. The molecule has 0 bridgehead atoms. The first-order chi connectivity index (χ1) is 14.7. The van der Waals surface area contributed by atoms with E-state index >= 15 is 0 Å². The van der Waals surface area contributed by atoms with E-state index in [4.69, 9.17) is 4.52 Å². The molecule has 8 nitrogen and oxygen atoms in total. The summed E-state index contributed by atoms with van der Waals surface area (Å²) in [7, 11) is 0. The summed E-state index contributed by atoms with van der Waals surface area (Å²) < 4.78 is 5.99. The summed E-state index contributed by atoms with van der Waals surface area (Å²) in [4.78, 5) is 28.3. The topological polar surface area (TPSA) is 97.0 Å². The van der Waals surface area contributed by atoms with E-state index in [0.717, 1.165) is 40.3 Å². The third kappa shape index (κ3) is 3.63. The van der Waals surface area contributed by atoms with Gasteiger partial charge in [-0.3, -0.25) is 4.79 Å². The molecule has 1 fully saturated rings. The van der Waals surface area contributed by atoms with Crippen molar-refractivity contribution in [2.24, 2.45) is 0 Å². The van der Waals surface area contributed by atoms with Crippen molar-refractivity contribution in [3.63, 3.8) is 0 Å². The van der Waals surface area contributed by atoms with Crippen molar-refractivity contribution in [3.8, 4) is 11.4 Å². The van der Waals surface area contributed by atoms with Gasteiger partial charge in [0, 0.05) is 31.8 Å². The molecule has 1 N–H and O–H groups in total. The lowest BCUT2D eigenvalue weighted by Gasteiger charge is -2.23. The molecule has 30 heavy (non-hydrogen) atoms. The van der Waals surface area contributed by atoms with Crippen LogP contribution in [0.3, 0.4) is 0 Å².